The zero-order chi connectivity index (χ0) is 11.0. The lowest BCUT2D eigenvalue weighted by molar-refractivity contribution is 0.625. The molecule has 0 aliphatic heterocycles. The Kier molecular flexibility index (Phi) is 2.44. The fraction of sp³-hybridized carbons (Fsp3) is 0.429. The van der Waals surface area contributed by atoms with Gasteiger partial charge in [0.15, 0.2) is 0 Å². The highest BCUT2D eigenvalue weighted by molar-refractivity contribution is 5.82. The lowest BCUT2D eigenvalue weighted by atomic mass is 10.2. The molecule has 1 fully saturated rings. The zero-order valence-electron chi connectivity index (χ0n) is 9.66. The monoisotopic (exact) mass is 214 g/mol. The van der Waals surface area contributed by atoms with Gasteiger partial charge >= 0.3 is 0 Å². The van der Waals surface area contributed by atoms with Crippen molar-refractivity contribution in [1.29, 1.82) is 0 Å². The summed E-state index contributed by atoms with van der Waals surface area (Å²) in [5.41, 5.74) is 2.62. The molecule has 2 heteroatoms. The molecular formula is C14H18N2. The Morgan fingerprint density at radius 1 is 1.38 bits per heavy atom. The number of hydrogen-bond donors (Lipinski definition) is 2. The van der Waals surface area contributed by atoms with Crippen molar-refractivity contribution in [3.8, 4) is 0 Å². The van der Waals surface area contributed by atoms with Gasteiger partial charge in [0.05, 0.1) is 0 Å². The van der Waals surface area contributed by atoms with Gasteiger partial charge in [-0.1, -0.05) is 31.5 Å². The van der Waals surface area contributed by atoms with Gasteiger partial charge in [-0.15, -0.1) is 0 Å². The van der Waals surface area contributed by atoms with E-state index in [1.54, 1.807) is 0 Å². The second kappa shape index (κ2) is 3.95. The number of fused-ring (bicyclic) bond motifs is 1. The van der Waals surface area contributed by atoms with Crippen LogP contribution in [-0.4, -0.2) is 11.0 Å². The summed E-state index contributed by atoms with van der Waals surface area (Å²) in [6.45, 7) is 3.27. The second-order valence-electron chi connectivity index (χ2n) is 4.75. The van der Waals surface area contributed by atoms with Gasteiger partial charge in [0, 0.05) is 29.7 Å². The van der Waals surface area contributed by atoms with Gasteiger partial charge < -0.3 is 10.3 Å². The quantitative estimate of drug-likeness (QED) is 0.804. The molecule has 1 aliphatic rings. The van der Waals surface area contributed by atoms with Crippen LogP contribution in [0.5, 0.6) is 0 Å². The number of aromatic amines is 1. The number of para-hydroxylation sites is 1. The summed E-state index contributed by atoms with van der Waals surface area (Å²) in [5.74, 6) is 0.921. The molecule has 1 aromatic heterocycles. The van der Waals surface area contributed by atoms with Crippen LogP contribution in [-0.2, 0) is 6.54 Å². The molecule has 2 unspecified atom stereocenters. The highest BCUT2D eigenvalue weighted by Crippen LogP contribution is 2.33. The number of nitrogens with one attached hydrogen (secondary N) is 2. The molecular weight excluding hydrogens is 196 g/mol. The van der Waals surface area contributed by atoms with E-state index in [1.165, 1.54) is 29.3 Å². The average molecular weight is 214 g/mol. The predicted molar refractivity (Wildman–Crippen MR) is 67.3 cm³/mol. The minimum Gasteiger partial charge on any atom is -0.361 e. The molecule has 2 N–H and O–H groups in total. The van der Waals surface area contributed by atoms with Crippen LogP contribution >= 0.6 is 0 Å². The summed E-state index contributed by atoms with van der Waals surface area (Å²) in [6.07, 6.45) is 4.80. The minimum atomic E-state index is 0.763. The summed E-state index contributed by atoms with van der Waals surface area (Å²) in [6, 6.07) is 9.26. The van der Waals surface area contributed by atoms with Crippen LogP contribution in [0.1, 0.15) is 25.3 Å². The summed E-state index contributed by atoms with van der Waals surface area (Å²) in [4.78, 5) is 3.32. The Bertz CT molecular complexity index is 486. The summed E-state index contributed by atoms with van der Waals surface area (Å²) in [7, 11) is 0. The molecule has 0 radical (unpaired) electrons. The van der Waals surface area contributed by atoms with E-state index >= 15 is 0 Å². The first kappa shape index (κ1) is 9.91. The topological polar surface area (TPSA) is 27.8 Å². The van der Waals surface area contributed by atoms with Gasteiger partial charge in [0.2, 0.25) is 0 Å². The third kappa shape index (κ3) is 1.74. The maximum atomic E-state index is 3.63. The highest BCUT2D eigenvalue weighted by Gasteiger charge is 2.34. The normalized spacial score (nSPS) is 23.8. The van der Waals surface area contributed by atoms with Gasteiger partial charge in [-0.25, -0.2) is 0 Å². The van der Waals surface area contributed by atoms with Crippen LogP contribution in [0, 0.1) is 5.92 Å². The van der Waals surface area contributed by atoms with Crippen molar-refractivity contribution in [2.75, 3.05) is 0 Å². The molecule has 1 saturated carbocycles. The molecule has 2 nitrogen and oxygen atoms in total. The molecule has 84 valence electrons. The first-order valence-electron chi connectivity index (χ1n) is 6.17. The number of aromatic nitrogens is 1. The molecule has 0 amide bonds. The van der Waals surface area contributed by atoms with Gasteiger partial charge in [-0.2, -0.15) is 0 Å². The lowest BCUT2D eigenvalue weighted by Crippen LogP contribution is -2.17. The summed E-state index contributed by atoms with van der Waals surface area (Å²) < 4.78 is 0. The first-order chi connectivity index (χ1) is 7.88. The van der Waals surface area contributed by atoms with Gasteiger partial charge in [-0.3, -0.25) is 0 Å². The van der Waals surface area contributed by atoms with E-state index in [0.717, 1.165) is 18.5 Å². The number of rotatable bonds is 4. The molecule has 2 aromatic rings. The smallest absolute Gasteiger partial charge is 0.0457 e. The SMILES string of the molecule is CCC1CC1NCc1c[nH]c2ccccc12. The van der Waals surface area contributed by atoms with E-state index in [9.17, 15) is 0 Å². The minimum absolute atomic E-state index is 0.763. The molecule has 3 rings (SSSR count). The predicted octanol–water partition coefficient (Wildman–Crippen LogP) is 3.06. The van der Waals surface area contributed by atoms with Crippen molar-refractivity contribution in [2.45, 2.75) is 32.4 Å². The van der Waals surface area contributed by atoms with Crippen molar-refractivity contribution in [3.05, 3.63) is 36.0 Å². The fourth-order valence-electron chi connectivity index (χ4n) is 2.47. The maximum absolute atomic E-state index is 3.63. The zero-order valence-corrected chi connectivity index (χ0v) is 9.66. The molecule has 1 aliphatic carbocycles. The second-order valence-corrected chi connectivity index (χ2v) is 4.75. The van der Waals surface area contributed by atoms with E-state index in [-0.39, 0.29) is 0 Å². The van der Waals surface area contributed by atoms with Gasteiger partial charge in [-0.05, 0) is 24.0 Å². The van der Waals surface area contributed by atoms with Crippen LogP contribution in [0.2, 0.25) is 0 Å². The summed E-state index contributed by atoms with van der Waals surface area (Å²) >= 11 is 0. The Balaban J connectivity index is 1.70. The highest BCUT2D eigenvalue weighted by atomic mass is 15.0. The fourth-order valence-corrected chi connectivity index (χ4v) is 2.47. The molecule has 1 aromatic carbocycles. The van der Waals surface area contributed by atoms with E-state index in [2.05, 4.69) is 47.7 Å². The van der Waals surface area contributed by atoms with Crippen LogP contribution in [0.4, 0.5) is 0 Å². The first-order valence-corrected chi connectivity index (χ1v) is 6.17. The molecule has 0 saturated heterocycles. The Hall–Kier alpha value is -1.28. The van der Waals surface area contributed by atoms with E-state index < -0.39 is 0 Å². The van der Waals surface area contributed by atoms with Crippen molar-refractivity contribution < 1.29 is 0 Å². The molecule has 16 heavy (non-hydrogen) atoms. The van der Waals surface area contributed by atoms with Crippen molar-refractivity contribution in [2.24, 2.45) is 5.92 Å². The number of hydrogen-bond acceptors (Lipinski definition) is 1. The third-order valence-corrected chi connectivity index (χ3v) is 3.68. The Labute approximate surface area is 96.1 Å². The van der Waals surface area contributed by atoms with Crippen molar-refractivity contribution >= 4 is 10.9 Å². The Morgan fingerprint density at radius 3 is 3.06 bits per heavy atom. The van der Waals surface area contributed by atoms with Crippen LogP contribution in [0.3, 0.4) is 0 Å². The van der Waals surface area contributed by atoms with Crippen molar-refractivity contribution in [1.82, 2.24) is 10.3 Å². The molecule has 0 spiro atoms. The van der Waals surface area contributed by atoms with Crippen LogP contribution < -0.4 is 5.32 Å². The summed E-state index contributed by atoms with van der Waals surface area (Å²) in [5, 5.41) is 4.98. The number of benzene rings is 1. The molecule has 2 atom stereocenters. The largest absolute Gasteiger partial charge is 0.361 e. The van der Waals surface area contributed by atoms with E-state index in [0.29, 0.717) is 0 Å². The van der Waals surface area contributed by atoms with E-state index in [4.69, 9.17) is 0 Å². The molecule has 0 bridgehead atoms. The van der Waals surface area contributed by atoms with Crippen LogP contribution in [0.25, 0.3) is 10.9 Å². The average Bonchev–Trinajstić information content (AvgIpc) is 2.98. The van der Waals surface area contributed by atoms with E-state index in [1.807, 2.05) is 0 Å². The molecule has 1 heterocycles. The third-order valence-electron chi connectivity index (χ3n) is 3.68. The Morgan fingerprint density at radius 2 is 2.25 bits per heavy atom. The van der Waals surface area contributed by atoms with Crippen molar-refractivity contribution in [3.63, 3.8) is 0 Å². The van der Waals surface area contributed by atoms with Gasteiger partial charge in [0.25, 0.3) is 0 Å². The van der Waals surface area contributed by atoms with Crippen LogP contribution in [0.15, 0.2) is 30.5 Å². The lowest BCUT2D eigenvalue weighted by Gasteiger charge is -2.02. The maximum Gasteiger partial charge on any atom is 0.0457 e. The standard InChI is InChI=1S/C14H18N2/c1-2-10-7-14(10)16-9-11-8-15-13-6-4-3-5-12(11)13/h3-6,8,10,14-16H,2,7,9H2,1H3. The number of H-pyrrole nitrogens is 1. The van der Waals surface area contributed by atoms with Gasteiger partial charge in [0.1, 0.15) is 0 Å².